The molecule has 26 heavy (non-hydrogen) atoms. The summed E-state index contributed by atoms with van der Waals surface area (Å²) in [6.07, 6.45) is 1.78. The van der Waals surface area contributed by atoms with Crippen LogP contribution >= 0.6 is 0 Å². The van der Waals surface area contributed by atoms with Crippen molar-refractivity contribution in [2.24, 2.45) is 0 Å². The van der Waals surface area contributed by atoms with Gasteiger partial charge >= 0.3 is 0 Å². The monoisotopic (exact) mass is 349 g/mol. The maximum Gasteiger partial charge on any atom is 0.255 e. The van der Waals surface area contributed by atoms with Gasteiger partial charge in [0, 0.05) is 24.9 Å². The van der Waals surface area contributed by atoms with E-state index in [0.717, 1.165) is 11.3 Å². The lowest BCUT2D eigenvalue weighted by molar-refractivity contribution is 0.0906. The number of carbonyl (C=O) groups is 1. The normalized spacial score (nSPS) is 12.0. The number of aryl methyl sites for hydroxylation is 1. The van der Waals surface area contributed by atoms with Crippen LogP contribution in [0.4, 0.5) is 0 Å². The Morgan fingerprint density at radius 1 is 1.15 bits per heavy atom. The second-order valence-corrected chi connectivity index (χ2v) is 6.37. The van der Waals surface area contributed by atoms with Gasteiger partial charge in [-0.1, -0.05) is 48.0 Å². The van der Waals surface area contributed by atoms with Gasteiger partial charge in [-0.25, -0.2) is 4.68 Å². The number of ether oxygens (including phenoxy) is 1. The van der Waals surface area contributed by atoms with Crippen LogP contribution in [0.15, 0.2) is 60.8 Å². The number of amides is 1. The molecule has 0 saturated carbocycles. The number of carbonyl (C=O) groups excluding carboxylic acids is 1. The second-order valence-electron chi connectivity index (χ2n) is 6.37. The van der Waals surface area contributed by atoms with Crippen LogP contribution in [0.5, 0.6) is 0 Å². The van der Waals surface area contributed by atoms with Crippen LogP contribution in [0.1, 0.15) is 22.8 Å². The smallest absolute Gasteiger partial charge is 0.255 e. The van der Waals surface area contributed by atoms with Crippen molar-refractivity contribution in [3.8, 4) is 16.9 Å². The Labute approximate surface area is 153 Å². The van der Waals surface area contributed by atoms with Gasteiger partial charge in [-0.15, -0.1) is 0 Å². The fraction of sp³-hybridized carbons (Fsp3) is 0.238. The minimum atomic E-state index is -0.160. The molecule has 1 amide bonds. The third-order valence-electron chi connectivity index (χ3n) is 4.10. The van der Waals surface area contributed by atoms with Crippen molar-refractivity contribution in [1.29, 1.82) is 0 Å². The number of benzene rings is 2. The van der Waals surface area contributed by atoms with E-state index in [1.807, 2.05) is 68.4 Å². The van der Waals surface area contributed by atoms with E-state index in [-0.39, 0.29) is 11.9 Å². The lowest BCUT2D eigenvalue weighted by Gasteiger charge is -2.12. The first-order valence-electron chi connectivity index (χ1n) is 8.60. The van der Waals surface area contributed by atoms with E-state index in [0.29, 0.717) is 17.9 Å². The highest BCUT2D eigenvalue weighted by Crippen LogP contribution is 2.24. The SMILES string of the molecule is COCC(C)NC(=O)c1cn(-c2ccc(C)cc2)nc1-c1ccccc1. The Kier molecular flexibility index (Phi) is 5.49. The minimum Gasteiger partial charge on any atom is -0.383 e. The quantitative estimate of drug-likeness (QED) is 0.739. The van der Waals surface area contributed by atoms with E-state index in [2.05, 4.69) is 10.4 Å². The molecule has 1 heterocycles. The summed E-state index contributed by atoms with van der Waals surface area (Å²) in [5.74, 6) is -0.160. The zero-order chi connectivity index (χ0) is 18.5. The van der Waals surface area contributed by atoms with E-state index < -0.39 is 0 Å². The van der Waals surface area contributed by atoms with Crippen LogP contribution in [0, 0.1) is 6.92 Å². The molecule has 0 aliphatic heterocycles. The Hall–Kier alpha value is -2.92. The zero-order valence-electron chi connectivity index (χ0n) is 15.3. The molecule has 0 aliphatic carbocycles. The third kappa shape index (κ3) is 4.00. The van der Waals surface area contributed by atoms with Crippen molar-refractivity contribution in [3.63, 3.8) is 0 Å². The molecule has 5 nitrogen and oxygen atoms in total. The van der Waals surface area contributed by atoms with Gasteiger partial charge in [0.15, 0.2) is 0 Å². The topological polar surface area (TPSA) is 56.1 Å². The van der Waals surface area contributed by atoms with Crippen LogP contribution in [-0.2, 0) is 4.74 Å². The van der Waals surface area contributed by atoms with Crippen LogP contribution in [0.25, 0.3) is 16.9 Å². The molecule has 1 N–H and O–H groups in total. The Bertz CT molecular complexity index is 870. The number of nitrogens with one attached hydrogen (secondary N) is 1. The van der Waals surface area contributed by atoms with Gasteiger partial charge in [0.1, 0.15) is 5.69 Å². The van der Waals surface area contributed by atoms with Crippen molar-refractivity contribution in [2.45, 2.75) is 19.9 Å². The maximum absolute atomic E-state index is 12.8. The fourth-order valence-corrected chi connectivity index (χ4v) is 2.77. The number of methoxy groups -OCH3 is 1. The van der Waals surface area contributed by atoms with Crippen molar-refractivity contribution in [2.75, 3.05) is 13.7 Å². The predicted octanol–water partition coefficient (Wildman–Crippen LogP) is 3.61. The first kappa shape index (κ1) is 17.9. The molecule has 0 aliphatic rings. The number of hydrogen-bond donors (Lipinski definition) is 1. The summed E-state index contributed by atoms with van der Waals surface area (Å²) in [6.45, 7) is 4.41. The zero-order valence-corrected chi connectivity index (χ0v) is 15.3. The van der Waals surface area contributed by atoms with Crippen molar-refractivity contribution in [3.05, 3.63) is 71.9 Å². The molecule has 1 aromatic heterocycles. The predicted molar refractivity (Wildman–Crippen MR) is 103 cm³/mol. The van der Waals surface area contributed by atoms with Gasteiger partial charge in [-0.3, -0.25) is 4.79 Å². The average molecular weight is 349 g/mol. The van der Waals surface area contributed by atoms with Crippen LogP contribution in [-0.4, -0.2) is 35.4 Å². The fourth-order valence-electron chi connectivity index (χ4n) is 2.77. The van der Waals surface area contributed by atoms with E-state index in [1.54, 1.807) is 18.0 Å². The van der Waals surface area contributed by atoms with Crippen molar-refractivity contribution >= 4 is 5.91 Å². The average Bonchev–Trinajstić information content (AvgIpc) is 3.09. The van der Waals surface area contributed by atoms with Crippen LogP contribution in [0.2, 0.25) is 0 Å². The number of nitrogens with zero attached hydrogens (tertiary/aromatic N) is 2. The Balaban J connectivity index is 2.00. The van der Waals surface area contributed by atoms with Gasteiger partial charge in [-0.2, -0.15) is 5.10 Å². The molecule has 0 spiro atoms. The number of hydrogen-bond acceptors (Lipinski definition) is 3. The molecule has 3 rings (SSSR count). The molecule has 1 atom stereocenters. The molecular formula is C21H23N3O2. The number of rotatable bonds is 6. The van der Waals surface area contributed by atoms with E-state index >= 15 is 0 Å². The molecule has 134 valence electrons. The standard InChI is InChI=1S/C21H23N3O2/c1-15-9-11-18(12-10-15)24-13-19(21(25)22-16(2)14-26-3)20(23-24)17-7-5-4-6-8-17/h4-13,16H,14H2,1-3H3,(H,22,25). The molecule has 0 bridgehead atoms. The van der Waals surface area contributed by atoms with Gasteiger partial charge in [-0.05, 0) is 26.0 Å². The Morgan fingerprint density at radius 3 is 2.50 bits per heavy atom. The Morgan fingerprint density at radius 2 is 1.85 bits per heavy atom. The molecule has 0 radical (unpaired) electrons. The van der Waals surface area contributed by atoms with E-state index in [4.69, 9.17) is 4.74 Å². The van der Waals surface area contributed by atoms with Crippen LogP contribution in [0.3, 0.4) is 0 Å². The third-order valence-corrected chi connectivity index (χ3v) is 4.10. The summed E-state index contributed by atoms with van der Waals surface area (Å²) in [7, 11) is 1.62. The summed E-state index contributed by atoms with van der Waals surface area (Å²) < 4.78 is 6.85. The van der Waals surface area contributed by atoms with Gasteiger partial charge in [0.2, 0.25) is 0 Å². The van der Waals surface area contributed by atoms with E-state index in [1.165, 1.54) is 5.56 Å². The van der Waals surface area contributed by atoms with Gasteiger partial charge in [0.05, 0.1) is 17.9 Å². The largest absolute Gasteiger partial charge is 0.383 e. The highest BCUT2D eigenvalue weighted by atomic mass is 16.5. The minimum absolute atomic E-state index is 0.0844. The van der Waals surface area contributed by atoms with Crippen molar-refractivity contribution in [1.82, 2.24) is 15.1 Å². The molecule has 0 fully saturated rings. The lowest BCUT2D eigenvalue weighted by Crippen LogP contribution is -2.35. The summed E-state index contributed by atoms with van der Waals surface area (Å²) >= 11 is 0. The first-order chi connectivity index (χ1) is 12.6. The van der Waals surface area contributed by atoms with Gasteiger partial charge < -0.3 is 10.1 Å². The summed E-state index contributed by atoms with van der Waals surface area (Å²) in [6, 6.07) is 17.7. The number of aromatic nitrogens is 2. The lowest BCUT2D eigenvalue weighted by atomic mass is 10.1. The summed E-state index contributed by atoms with van der Waals surface area (Å²) in [4.78, 5) is 12.8. The highest BCUT2D eigenvalue weighted by molar-refractivity contribution is 6.00. The molecule has 5 heteroatoms. The molecule has 0 saturated heterocycles. The van der Waals surface area contributed by atoms with Crippen molar-refractivity contribution < 1.29 is 9.53 Å². The van der Waals surface area contributed by atoms with Crippen LogP contribution < -0.4 is 5.32 Å². The van der Waals surface area contributed by atoms with Gasteiger partial charge in [0.25, 0.3) is 5.91 Å². The maximum atomic E-state index is 12.8. The highest BCUT2D eigenvalue weighted by Gasteiger charge is 2.19. The molecule has 2 aromatic carbocycles. The van der Waals surface area contributed by atoms with E-state index in [9.17, 15) is 4.79 Å². The summed E-state index contributed by atoms with van der Waals surface area (Å²) in [5.41, 5.74) is 4.20. The summed E-state index contributed by atoms with van der Waals surface area (Å²) in [5, 5.41) is 7.64. The molecular weight excluding hydrogens is 326 g/mol. The second kappa shape index (κ2) is 7.97. The molecule has 1 unspecified atom stereocenters. The first-order valence-corrected chi connectivity index (χ1v) is 8.60. The molecule has 3 aromatic rings.